The summed E-state index contributed by atoms with van der Waals surface area (Å²) in [6.45, 7) is 0. The molecule has 0 fully saturated rings. The first kappa shape index (κ1) is 11.4. The molecule has 0 N–H and O–H groups in total. The van der Waals surface area contributed by atoms with Crippen LogP contribution in [0.4, 0.5) is 0 Å². The molecule has 0 saturated heterocycles. The zero-order valence-electron chi connectivity index (χ0n) is 5.95. The van der Waals surface area contributed by atoms with Crippen molar-refractivity contribution in [3.05, 3.63) is 0 Å². The van der Waals surface area contributed by atoms with Crippen LogP contribution in [0.5, 0.6) is 0 Å². The summed E-state index contributed by atoms with van der Waals surface area (Å²) < 4.78 is 0. The van der Waals surface area contributed by atoms with Crippen molar-refractivity contribution >= 4 is 47.8 Å². The highest BCUT2D eigenvalue weighted by atomic mass is 79.9. The van der Waals surface area contributed by atoms with E-state index in [0.717, 1.165) is 21.9 Å². The normalized spacial score (nSPS) is 13.5. The van der Waals surface area contributed by atoms with Crippen LogP contribution in [-0.2, 0) is 0 Å². The van der Waals surface area contributed by atoms with Gasteiger partial charge in [-0.1, -0.05) is 47.8 Å². The molecule has 0 saturated carbocycles. The van der Waals surface area contributed by atoms with Crippen LogP contribution in [0.25, 0.3) is 0 Å². The fourth-order valence-electron chi connectivity index (χ4n) is 0.819. The Morgan fingerprint density at radius 1 is 0.900 bits per heavy atom. The molecule has 0 nitrogen and oxygen atoms in total. The van der Waals surface area contributed by atoms with Crippen LogP contribution in [0, 0.1) is 5.92 Å². The molecule has 0 aliphatic rings. The molecule has 0 aliphatic heterocycles. The summed E-state index contributed by atoms with van der Waals surface area (Å²) in [4.78, 5) is 0. The van der Waals surface area contributed by atoms with Crippen LogP contribution in [0.2, 0.25) is 0 Å². The molecule has 0 rings (SSSR count). The highest BCUT2D eigenvalue weighted by molar-refractivity contribution is 9.09. The lowest BCUT2D eigenvalue weighted by Gasteiger charge is -2.09. The molecule has 0 radical (unpaired) electrons. The van der Waals surface area contributed by atoms with Gasteiger partial charge in [0.15, 0.2) is 0 Å². The van der Waals surface area contributed by atoms with E-state index in [0.29, 0.717) is 0 Å². The largest absolute Gasteiger partial charge is 0.0928 e. The first-order valence-corrected chi connectivity index (χ1v) is 6.89. The Balaban J connectivity index is 3.21. The minimum atomic E-state index is 0.858. The molecular formula is C7H13Br3. The average Bonchev–Trinajstić information content (AvgIpc) is 1.98. The fourth-order valence-corrected chi connectivity index (χ4v) is 2.44. The van der Waals surface area contributed by atoms with E-state index in [1.807, 2.05) is 0 Å². The lowest BCUT2D eigenvalue weighted by atomic mass is 10.0. The Labute approximate surface area is 88.5 Å². The molecule has 0 aliphatic carbocycles. The molecule has 0 spiro atoms. The number of hydrogen-bond donors (Lipinski definition) is 0. The molecule has 1 atom stereocenters. The predicted octanol–water partition coefficient (Wildman–Crippen LogP) is 3.96. The Morgan fingerprint density at radius 3 is 2.00 bits per heavy atom. The van der Waals surface area contributed by atoms with Crippen molar-refractivity contribution in [3.63, 3.8) is 0 Å². The van der Waals surface area contributed by atoms with E-state index in [1.54, 1.807) is 0 Å². The molecule has 0 aromatic carbocycles. The first-order chi connectivity index (χ1) is 4.85. The van der Waals surface area contributed by atoms with Gasteiger partial charge in [0.05, 0.1) is 0 Å². The van der Waals surface area contributed by atoms with Crippen LogP contribution in [0.15, 0.2) is 0 Å². The van der Waals surface area contributed by atoms with E-state index in [2.05, 4.69) is 47.8 Å². The molecule has 10 heavy (non-hydrogen) atoms. The maximum absolute atomic E-state index is 3.51. The quantitative estimate of drug-likeness (QED) is 0.644. The minimum Gasteiger partial charge on any atom is -0.0928 e. The summed E-state index contributed by atoms with van der Waals surface area (Å²) in [6, 6.07) is 0. The van der Waals surface area contributed by atoms with Gasteiger partial charge in [-0.15, -0.1) is 0 Å². The van der Waals surface area contributed by atoms with Gasteiger partial charge in [0.25, 0.3) is 0 Å². The number of hydrogen-bond acceptors (Lipinski definition) is 0. The zero-order chi connectivity index (χ0) is 7.82. The summed E-state index contributed by atoms with van der Waals surface area (Å²) in [5, 5.41) is 3.41. The summed E-state index contributed by atoms with van der Waals surface area (Å²) in [7, 11) is 0. The average molecular weight is 337 g/mol. The van der Waals surface area contributed by atoms with E-state index in [9.17, 15) is 0 Å². The van der Waals surface area contributed by atoms with Crippen molar-refractivity contribution in [1.29, 1.82) is 0 Å². The topological polar surface area (TPSA) is 0 Å². The van der Waals surface area contributed by atoms with Gasteiger partial charge in [0.1, 0.15) is 0 Å². The van der Waals surface area contributed by atoms with Crippen molar-refractivity contribution in [2.24, 2.45) is 5.92 Å². The van der Waals surface area contributed by atoms with E-state index >= 15 is 0 Å². The van der Waals surface area contributed by atoms with E-state index in [1.165, 1.54) is 19.3 Å². The molecule has 0 bridgehead atoms. The molecule has 0 aromatic heterocycles. The van der Waals surface area contributed by atoms with Crippen molar-refractivity contribution in [2.75, 3.05) is 16.0 Å². The number of halogens is 3. The second-order valence-corrected chi connectivity index (χ2v) is 4.56. The standard InChI is InChI=1S/C7H13Br3/c8-4-1-2-7(6-10)3-5-9/h7H,1-6H2. The summed E-state index contributed by atoms with van der Waals surface area (Å²) in [6.07, 6.45) is 3.92. The smallest absolute Gasteiger partial charge is 0.00599 e. The Kier molecular flexibility index (Phi) is 9.76. The highest BCUT2D eigenvalue weighted by Gasteiger charge is 2.04. The lowest BCUT2D eigenvalue weighted by molar-refractivity contribution is 0.529. The monoisotopic (exact) mass is 334 g/mol. The maximum Gasteiger partial charge on any atom is 0.00599 e. The summed E-state index contributed by atoms with van der Waals surface area (Å²) in [5.74, 6) is 0.858. The molecule has 62 valence electrons. The van der Waals surface area contributed by atoms with Crippen molar-refractivity contribution in [1.82, 2.24) is 0 Å². The third kappa shape index (κ3) is 6.17. The predicted molar refractivity (Wildman–Crippen MR) is 58.7 cm³/mol. The Hall–Kier alpha value is 1.44. The van der Waals surface area contributed by atoms with Crippen LogP contribution in [-0.4, -0.2) is 16.0 Å². The second kappa shape index (κ2) is 8.54. The Morgan fingerprint density at radius 2 is 1.60 bits per heavy atom. The van der Waals surface area contributed by atoms with E-state index < -0.39 is 0 Å². The van der Waals surface area contributed by atoms with Crippen LogP contribution in [0.1, 0.15) is 19.3 Å². The minimum absolute atomic E-state index is 0.858. The highest BCUT2D eigenvalue weighted by Crippen LogP contribution is 2.15. The van der Waals surface area contributed by atoms with Crippen molar-refractivity contribution < 1.29 is 0 Å². The van der Waals surface area contributed by atoms with Crippen LogP contribution < -0.4 is 0 Å². The van der Waals surface area contributed by atoms with E-state index in [-0.39, 0.29) is 0 Å². The van der Waals surface area contributed by atoms with Gasteiger partial charge >= 0.3 is 0 Å². The third-order valence-electron chi connectivity index (χ3n) is 1.48. The fraction of sp³-hybridized carbons (Fsp3) is 1.00. The van der Waals surface area contributed by atoms with Crippen LogP contribution >= 0.6 is 47.8 Å². The van der Waals surface area contributed by atoms with Gasteiger partial charge in [0.2, 0.25) is 0 Å². The van der Waals surface area contributed by atoms with E-state index in [4.69, 9.17) is 0 Å². The van der Waals surface area contributed by atoms with Gasteiger partial charge in [-0.3, -0.25) is 0 Å². The molecule has 0 heterocycles. The molecular weight excluding hydrogens is 324 g/mol. The van der Waals surface area contributed by atoms with Crippen LogP contribution in [0.3, 0.4) is 0 Å². The first-order valence-electron chi connectivity index (χ1n) is 3.53. The third-order valence-corrected chi connectivity index (χ3v) is 3.42. The van der Waals surface area contributed by atoms with Gasteiger partial charge in [-0.2, -0.15) is 0 Å². The second-order valence-electron chi connectivity index (χ2n) is 2.33. The molecule has 0 aromatic rings. The number of alkyl halides is 3. The SMILES string of the molecule is BrCCCC(CBr)CCBr. The zero-order valence-corrected chi connectivity index (χ0v) is 10.7. The lowest BCUT2D eigenvalue weighted by Crippen LogP contribution is -2.02. The van der Waals surface area contributed by atoms with Gasteiger partial charge < -0.3 is 0 Å². The summed E-state index contributed by atoms with van der Waals surface area (Å²) >= 11 is 10.4. The van der Waals surface area contributed by atoms with Gasteiger partial charge in [-0.25, -0.2) is 0 Å². The van der Waals surface area contributed by atoms with Crippen molar-refractivity contribution in [2.45, 2.75) is 19.3 Å². The maximum atomic E-state index is 3.51. The Bertz CT molecular complexity index is 65.9. The van der Waals surface area contributed by atoms with Gasteiger partial charge in [0, 0.05) is 16.0 Å². The van der Waals surface area contributed by atoms with Crippen molar-refractivity contribution in [3.8, 4) is 0 Å². The van der Waals surface area contributed by atoms with Gasteiger partial charge in [-0.05, 0) is 25.2 Å². The molecule has 0 amide bonds. The molecule has 1 unspecified atom stereocenters. The summed E-state index contributed by atoms with van der Waals surface area (Å²) in [5.41, 5.74) is 0. The molecule has 3 heteroatoms. The number of rotatable bonds is 6.